The molecule has 2 aromatic rings. The average molecular weight is 476 g/mol. The summed E-state index contributed by atoms with van der Waals surface area (Å²) in [5.41, 5.74) is 0.591. The van der Waals surface area contributed by atoms with Crippen molar-refractivity contribution in [2.24, 2.45) is 5.92 Å². The summed E-state index contributed by atoms with van der Waals surface area (Å²) in [7, 11) is 0. The van der Waals surface area contributed by atoms with E-state index in [1.54, 1.807) is 13.8 Å². The molecule has 2 aliphatic rings. The second-order valence-electron chi connectivity index (χ2n) is 9.81. The summed E-state index contributed by atoms with van der Waals surface area (Å²) in [5, 5.41) is 0. The van der Waals surface area contributed by atoms with Gasteiger partial charge in [0, 0.05) is 35.9 Å². The van der Waals surface area contributed by atoms with E-state index >= 15 is 0 Å². The molecular formula is C26H28F3NO4. The molecule has 0 aliphatic carbocycles. The highest BCUT2D eigenvalue weighted by Crippen LogP contribution is 2.38. The summed E-state index contributed by atoms with van der Waals surface area (Å²) in [4.78, 5) is 25.9. The molecule has 34 heavy (non-hydrogen) atoms. The van der Waals surface area contributed by atoms with Crippen LogP contribution in [-0.2, 0) is 29.0 Å². The number of hydrogen-bond donors (Lipinski definition) is 0. The number of benzene rings is 2. The van der Waals surface area contributed by atoms with Crippen LogP contribution in [0.2, 0.25) is 0 Å². The first-order valence-corrected chi connectivity index (χ1v) is 11.4. The lowest BCUT2D eigenvalue weighted by Crippen LogP contribution is -2.40. The second kappa shape index (κ2) is 8.96. The molecule has 1 fully saturated rings. The summed E-state index contributed by atoms with van der Waals surface area (Å²) in [6.07, 6.45) is 1.45. The van der Waals surface area contributed by atoms with Gasteiger partial charge < -0.3 is 9.47 Å². The molecule has 2 atom stereocenters. The maximum absolute atomic E-state index is 14.8. The SMILES string of the molecule is CC1CCC(=O)N1C(=O)[C@H](C)Cc1cc(F)c(OCc2c(F)ccc3c2CC(C)(C)O3)c(F)c1. The number of amides is 2. The molecule has 0 radical (unpaired) electrons. The summed E-state index contributed by atoms with van der Waals surface area (Å²) in [6, 6.07) is 4.82. The van der Waals surface area contributed by atoms with Crippen LogP contribution in [0.25, 0.3) is 0 Å². The summed E-state index contributed by atoms with van der Waals surface area (Å²) >= 11 is 0. The number of likely N-dealkylation sites (tertiary alicyclic amines) is 1. The third kappa shape index (κ3) is 4.63. The van der Waals surface area contributed by atoms with Crippen LogP contribution in [-0.4, -0.2) is 28.4 Å². The van der Waals surface area contributed by atoms with Crippen LogP contribution in [0.4, 0.5) is 13.2 Å². The Balaban J connectivity index is 1.48. The van der Waals surface area contributed by atoms with Crippen LogP contribution in [0, 0.1) is 23.4 Å². The van der Waals surface area contributed by atoms with E-state index < -0.39 is 34.7 Å². The molecule has 2 amide bonds. The number of ether oxygens (including phenoxy) is 2. The van der Waals surface area contributed by atoms with E-state index in [2.05, 4.69) is 0 Å². The Morgan fingerprint density at radius 1 is 1.21 bits per heavy atom. The molecule has 8 heteroatoms. The Hall–Kier alpha value is -3.03. The van der Waals surface area contributed by atoms with Gasteiger partial charge in [0.1, 0.15) is 23.8 Å². The summed E-state index contributed by atoms with van der Waals surface area (Å²) in [5.74, 6) is -3.69. The Labute approximate surface area is 196 Å². The van der Waals surface area contributed by atoms with Crippen molar-refractivity contribution >= 4 is 11.8 Å². The highest BCUT2D eigenvalue weighted by atomic mass is 19.1. The molecule has 4 rings (SSSR count). The number of nitrogens with zero attached hydrogens (tertiary/aromatic N) is 1. The predicted octanol–water partition coefficient (Wildman–Crippen LogP) is 5.11. The van der Waals surface area contributed by atoms with E-state index in [1.165, 1.54) is 17.0 Å². The van der Waals surface area contributed by atoms with Gasteiger partial charge in [-0.15, -0.1) is 0 Å². The van der Waals surface area contributed by atoms with Gasteiger partial charge in [-0.3, -0.25) is 14.5 Å². The maximum atomic E-state index is 14.8. The Kier molecular flexibility index (Phi) is 6.36. The Morgan fingerprint density at radius 2 is 1.88 bits per heavy atom. The lowest BCUT2D eigenvalue weighted by molar-refractivity contribution is -0.146. The number of carbonyl (C=O) groups excluding carboxylic acids is 2. The predicted molar refractivity (Wildman–Crippen MR) is 119 cm³/mol. The molecule has 0 aromatic heterocycles. The van der Waals surface area contributed by atoms with E-state index in [9.17, 15) is 22.8 Å². The molecule has 2 heterocycles. The molecule has 1 saturated heterocycles. The fourth-order valence-corrected chi connectivity index (χ4v) is 4.71. The van der Waals surface area contributed by atoms with Gasteiger partial charge in [0.05, 0.1) is 0 Å². The standard InChI is InChI=1S/C26H28F3NO4/c1-14(25(32)30-15(2)5-8-23(30)31)9-16-10-20(28)24(21(29)11-16)33-13-18-17-12-26(3,4)34-22(17)7-6-19(18)27/h6-7,10-11,14-15H,5,8-9,12-13H2,1-4H3/t14-,15?/m1/s1. The number of rotatable bonds is 6. The molecule has 0 saturated carbocycles. The van der Waals surface area contributed by atoms with E-state index in [-0.39, 0.29) is 42.0 Å². The van der Waals surface area contributed by atoms with Crippen molar-refractivity contribution in [2.75, 3.05) is 0 Å². The molecule has 1 unspecified atom stereocenters. The Morgan fingerprint density at radius 3 is 2.50 bits per heavy atom. The van der Waals surface area contributed by atoms with Gasteiger partial charge in [0.2, 0.25) is 11.8 Å². The number of fused-ring (bicyclic) bond motifs is 1. The van der Waals surface area contributed by atoms with Crippen LogP contribution in [0.15, 0.2) is 24.3 Å². The van der Waals surface area contributed by atoms with Crippen LogP contribution in [0.5, 0.6) is 11.5 Å². The molecule has 0 N–H and O–H groups in total. The zero-order chi connectivity index (χ0) is 24.8. The van der Waals surface area contributed by atoms with Crippen molar-refractivity contribution in [3.8, 4) is 11.5 Å². The first-order valence-electron chi connectivity index (χ1n) is 11.4. The van der Waals surface area contributed by atoms with Crippen LogP contribution >= 0.6 is 0 Å². The van der Waals surface area contributed by atoms with Gasteiger partial charge in [0.15, 0.2) is 17.4 Å². The molecule has 0 spiro atoms. The second-order valence-corrected chi connectivity index (χ2v) is 9.81. The number of carbonyl (C=O) groups is 2. The Bertz CT molecular complexity index is 1120. The van der Waals surface area contributed by atoms with Crippen molar-refractivity contribution < 1.29 is 32.2 Å². The first-order chi connectivity index (χ1) is 16.0. The summed E-state index contributed by atoms with van der Waals surface area (Å²) in [6.45, 7) is 6.83. The first kappa shape index (κ1) is 24.1. The zero-order valence-corrected chi connectivity index (χ0v) is 19.7. The minimum absolute atomic E-state index is 0.0662. The fourth-order valence-electron chi connectivity index (χ4n) is 4.71. The van der Waals surface area contributed by atoms with Gasteiger partial charge in [-0.2, -0.15) is 0 Å². The fraction of sp³-hybridized carbons (Fsp3) is 0.462. The lowest BCUT2D eigenvalue weighted by atomic mass is 9.97. The number of imide groups is 1. The smallest absolute Gasteiger partial charge is 0.232 e. The van der Waals surface area contributed by atoms with E-state index in [1.807, 2.05) is 13.8 Å². The van der Waals surface area contributed by atoms with Crippen molar-refractivity contribution in [1.82, 2.24) is 4.90 Å². The van der Waals surface area contributed by atoms with E-state index in [0.717, 1.165) is 12.1 Å². The molecular weight excluding hydrogens is 447 g/mol. The third-order valence-electron chi connectivity index (χ3n) is 6.43. The number of halogens is 3. The quantitative estimate of drug-likeness (QED) is 0.583. The monoisotopic (exact) mass is 475 g/mol. The third-order valence-corrected chi connectivity index (χ3v) is 6.43. The maximum Gasteiger partial charge on any atom is 0.232 e. The van der Waals surface area contributed by atoms with Gasteiger partial charge in [-0.1, -0.05) is 6.92 Å². The van der Waals surface area contributed by atoms with Crippen molar-refractivity contribution in [1.29, 1.82) is 0 Å². The van der Waals surface area contributed by atoms with Gasteiger partial charge >= 0.3 is 0 Å². The molecule has 2 aromatic carbocycles. The molecule has 2 aliphatic heterocycles. The molecule has 0 bridgehead atoms. The number of hydrogen-bond acceptors (Lipinski definition) is 4. The average Bonchev–Trinajstić information content (AvgIpc) is 3.25. The molecule has 182 valence electrons. The van der Waals surface area contributed by atoms with Crippen LogP contribution in [0.1, 0.15) is 57.2 Å². The summed E-state index contributed by atoms with van der Waals surface area (Å²) < 4.78 is 55.2. The van der Waals surface area contributed by atoms with Gasteiger partial charge in [0.25, 0.3) is 0 Å². The minimum atomic E-state index is -0.940. The van der Waals surface area contributed by atoms with Crippen LogP contribution < -0.4 is 9.47 Å². The van der Waals surface area contributed by atoms with Gasteiger partial charge in [-0.25, -0.2) is 13.2 Å². The van der Waals surface area contributed by atoms with E-state index in [4.69, 9.17) is 9.47 Å². The van der Waals surface area contributed by atoms with Crippen molar-refractivity contribution in [2.45, 2.75) is 71.6 Å². The zero-order valence-electron chi connectivity index (χ0n) is 19.7. The highest BCUT2D eigenvalue weighted by Gasteiger charge is 2.35. The van der Waals surface area contributed by atoms with Crippen molar-refractivity contribution in [3.63, 3.8) is 0 Å². The largest absolute Gasteiger partial charge is 0.487 e. The minimum Gasteiger partial charge on any atom is -0.487 e. The van der Waals surface area contributed by atoms with Gasteiger partial charge in [-0.05, 0) is 63.4 Å². The normalized spacial score (nSPS) is 19.7. The van der Waals surface area contributed by atoms with E-state index in [0.29, 0.717) is 30.6 Å². The molecule has 5 nitrogen and oxygen atoms in total. The highest BCUT2D eigenvalue weighted by molar-refractivity contribution is 5.98. The topological polar surface area (TPSA) is 55.8 Å². The van der Waals surface area contributed by atoms with Crippen molar-refractivity contribution in [3.05, 3.63) is 58.4 Å². The van der Waals surface area contributed by atoms with Crippen LogP contribution in [0.3, 0.4) is 0 Å². The lowest BCUT2D eigenvalue weighted by Gasteiger charge is -2.23.